The van der Waals surface area contributed by atoms with Gasteiger partial charge in [0.05, 0.1) is 6.42 Å². The van der Waals surface area contributed by atoms with Crippen LogP contribution in [-0.4, -0.2) is 40.3 Å². The molecule has 1 saturated carbocycles. The molecule has 1 aliphatic rings. The van der Waals surface area contributed by atoms with E-state index < -0.39 is 5.97 Å². The van der Waals surface area contributed by atoms with E-state index in [1.165, 1.54) is 6.39 Å². The average Bonchev–Trinajstić information content (AvgIpc) is 2.85. The van der Waals surface area contributed by atoms with Crippen molar-refractivity contribution in [2.75, 3.05) is 13.1 Å². The third-order valence-electron chi connectivity index (χ3n) is 3.61. The van der Waals surface area contributed by atoms with Crippen molar-refractivity contribution >= 4 is 12.0 Å². The van der Waals surface area contributed by atoms with Crippen LogP contribution in [0.15, 0.2) is 10.9 Å². The van der Waals surface area contributed by atoms with E-state index in [9.17, 15) is 9.59 Å². The standard InChI is InChI=1S/C12H18N4O4/c17-10(18)6-12(3-1-4-12)7-14-11(19)13-5-2-9-15-8-20-16-9/h8H,1-7H2,(H,17,18)(H2,13,14,19). The van der Waals surface area contributed by atoms with E-state index in [2.05, 4.69) is 25.3 Å². The van der Waals surface area contributed by atoms with Crippen molar-refractivity contribution in [1.82, 2.24) is 20.8 Å². The Hall–Kier alpha value is -2.12. The van der Waals surface area contributed by atoms with Crippen molar-refractivity contribution in [1.29, 1.82) is 0 Å². The van der Waals surface area contributed by atoms with Crippen LogP contribution < -0.4 is 10.6 Å². The lowest BCUT2D eigenvalue weighted by Crippen LogP contribution is -2.46. The zero-order chi connectivity index (χ0) is 14.4. The Kier molecular flexibility index (Phi) is 4.54. The molecule has 0 atom stereocenters. The quantitative estimate of drug-likeness (QED) is 0.672. The number of hydrogen-bond donors (Lipinski definition) is 3. The first-order valence-electron chi connectivity index (χ1n) is 6.58. The summed E-state index contributed by atoms with van der Waals surface area (Å²) in [5, 5.41) is 17.9. The topological polar surface area (TPSA) is 117 Å². The zero-order valence-electron chi connectivity index (χ0n) is 11.1. The molecule has 110 valence electrons. The average molecular weight is 282 g/mol. The number of amides is 2. The van der Waals surface area contributed by atoms with Gasteiger partial charge in [0.1, 0.15) is 0 Å². The maximum Gasteiger partial charge on any atom is 0.314 e. The van der Waals surface area contributed by atoms with Crippen molar-refractivity contribution in [3.8, 4) is 0 Å². The van der Waals surface area contributed by atoms with Gasteiger partial charge in [-0.1, -0.05) is 11.6 Å². The van der Waals surface area contributed by atoms with E-state index in [4.69, 9.17) is 5.11 Å². The van der Waals surface area contributed by atoms with E-state index in [-0.39, 0.29) is 17.9 Å². The predicted octanol–water partition coefficient (Wildman–Crippen LogP) is 0.556. The van der Waals surface area contributed by atoms with Gasteiger partial charge in [-0.15, -0.1) is 0 Å². The van der Waals surface area contributed by atoms with Crippen LogP contribution in [0.1, 0.15) is 31.5 Å². The first kappa shape index (κ1) is 14.3. The second-order valence-electron chi connectivity index (χ2n) is 5.13. The fourth-order valence-corrected chi connectivity index (χ4v) is 2.33. The van der Waals surface area contributed by atoms with Crippen LogP contribution in [0.5, 0.6) is 0 Å². The fraction of sp³-hybridized carbons (Fsp3) is 0.667. The highest BCUT2D eigenvalue weighted by Crippen LogP contribution is 2.43. The Morgan fingerprint density at radius 1 is 1.40 bits per heavy atom. The summed E-state index contributed by atoms with van der Waals surface area (Å²) < 4.78 is 4.58. The molecule has 1 fully saturated rings. The van der Waals surface area contributed by atoms with Gasteiger partial charge in [0, 0.05) is 19.5 Å². The Morgan fingerprint density at radius 3 is 2.75 bits per heavy atom. The number of carboxylic acid groups (broad SMARTS) is 1. The minimum Gasteiger partial charge on any atom is -0.481 e. The van der Waals surface area contributed by atoms with Crippen LogP contribution in [-0.2, 0) is 11.2 Å². The fourth-order valence-electron chi connectivity index (χ4n) is 2.33. The molecule has 1 heterocycles. The van der Waals surface area contributed by atoms with Gasteiger partial charge >= 0.3 is 12.0 Å². The Morgan fingerprint density at radius 2 is 2.20 bits per heavy atom. The van der Waals surface area contributed by atoms with E-state index in [1.54, 1.807) is 0 Å². The molecule has 0 radical (unpaired) electrons. The molecule has 1 aromatic rings. The number of aromatic nitrogens is 2. The number of carboxylic acids is 1. The van der Waals surface area contributed by atoms with Gasteiger partial charge in [0.25, 0.3) is 0 Å². The van der Waals surface area contributed by atoms with Gasteiger partial charge in [-0.2, -0.15) is 4.98 Å². The van der Waals surface area contributed by atoms with Gasteiger partial charge < -0.3 is 20.3 Å². The van der Waals surface area contributed by atoms with E-state index >= 15 is 0 Å². The lowest BCUT2D eigenvalue weighted by Gasteiger charge is -2.40. The summed E-state index contributed by atoms with van der Waals surface area (Å²) in [6, 6.07) is -0.301. The number of hydrogen-bond acceptors (Lipinski definition) is 5. The molecule has 3 N–H and O–H groups in total. The van der Waals surface area contributed by atoms with E-state index in [0.717, 1.165) is 19.3 Å². The van der Waals surface area contributed by atoms with Gasteiger partial charge in [-0.3, -0.25) is 4.79 Å². The largest absolute Gasteiger partial charge is 0.481 e. The van der Waals surface area contributed by atoms with Gasteiger partial charge in [0.15, 0.2) is 5.82 Å². The molecule has 2 amide bonds. The predicted molar refractivity (Wildman–Crippen MR) is 67.9 cm³/mol. The lowest BCUT2D eigenvalue weighted by atomic mass is 9.66. The summed E-state index contributed by atoms with van der Waals surface area (Å²) in [5.74, 6) is -0.282. The molecular weight excluding hydrogens is 264 g/mol. The molecule has 20 heavy (non-hydrogen) atoms. The number of nitrogens with one attached hydrogen (secondary N) is 2. The Bertz CT molecular complexity index is 456. The molecule has 0 aromatic carbocycles. The van der Waals surface area contributed by atoms with Crippen molar-refractivity contribution in [3.05, 3.63) is 12.2 Å². The second kappa shape index (κ2) is 6.36. The molecule has 0 unspecified atom stereocenters. The zero-order valence-corrected chi connectivity index (χ0v) is 11.1. The number of aliphatic carboxylic acids is 1. The molecule has 0 saturated heterocycles. The van der Waals surface area contributed by atoms with Crippen LogP contribution in [0.2, 0.25) is 0 Å². The monoisotopic (exact) mass is 282 g/mol. The maximum absolute atomic E-state index is 11.6. The highest BCUT2D eigenvalue weighted by atomic mass is 16.5. The molecule has 0 aliphatic heterocycles. The third-order valence-corrected chi connectivity index (χ3v) is 3.61. The van der Waals surface area contributed by atoms with Crippen molar-refractivity contribution in [2.45, 2.75) is 32.1 Å². The minimum atomic E-state index is -0.816. The molecular formula is C12H18N4O4. The summed E-state index contributed by atoms with van der Waals surface area (Å²) in [4.78, 5) is 26.3. The highest BCUT2D eigenvalue weighted by Gasteiger charge is 2.39. The van der Waals surface area contributed by atoms with Gasteiger partial charge in [-0.05, 0) is 18.3 Å². The Labute approximate surface area is 115 Å². The number of carbonyl (C=O) groups is 2. The van der Waals surface area contributed by atoms with Gasteiger partial charge in [0.2, 0.25) is 6.39 Å². The number of carbonyl (C=O) groups excluding carboxylic acids is 1. The molecule has 0 bridgehead atoms. The smallest absolute Gasteiger partial charge is 0.314 e. The van der Waals surface area contributed by atoms with Crippen molar-refractivity contribution in [2.24, 2.45) is 5.41 Å². The lowest BCUT2D eigenvalue weighted by molar-refractivity contribution is -0.141. The summed E-state index contributed by atoms with van der Waals surface area (Å²) in [6.45, 7) is 0.796. The SMILES string of the molecule is O=C(O)CC1(CNC(=O)NCCc2ncon2)CCC1. The highest BCUT2D eigenvalue weighted by molar-refractivity contribution is 5.74. The van der Waals surface area contributed by atoms with Crippen molar-refractivity contribution < 1.29 is 19.2 Å². The summed E-state index contributed by atoms with van der Waals surface area (Å²) >= 11 is 0. The molecule has 0 spiro atoms. The normalized spacial score (nSPS) is 16.2. The van der Waals surface area contributed by atoms with Crippen molar-refractivity contribution in [3.63, 3.8) is 0 Å². The number of rotatable bonds is 7. The third kappa shape index (κ3) is 3.94. The molecule has 1 aromatic heterocycles. The molecule has 2 rings (SSSR count). The van der Waals surface area contributed by atoms with Crippen LogP contribution in [0.4, 0.5) is 4.79 Å². The first-order valence-corrected chi connectivity index (χ1v) is 6.58. The minimum absolute atomic E-state index is 0.107. The van der Waals surface area contributed by atoms with Crippen LogP contribution in [0.3, 0.4) is 0 Å². The second-order valence-corrected chi connectivity index (χ2v) is 5.13. The number of nitrogens with zero attached hydrogens (tertiary/aromatic N) is 2. The first-order chi connectivity index (χ1) is 9.60. The molecule has 8 nitrogen and oxygen atoms in total. The molecule has 1 aliphatic carbocycles. The molecule has 8 heteroatoms. The van der Waals surface area contributed by atoms with E-state index in [0.29, 0.717) is 25.3 Å². The summed E-state index contributed by atoms with van der Waals surface area (Å²) in [7, 11) is 0. The number of urea groups is 1. The summed E-state index contributed by atoms with van der Waals surface area (Å²) in [6.07, 6.45) is 4.56. The maximum atomic E-state index is 11.6. The van der Waals surface area contributed by atoms with Crippen LogP contribution >= 0.6 is 0 Å². The van der Waals surface area contributed by atoms with Crippen LogP contribution in [0, 0.1) is 5.41 Å². The summed E-state index contributed by atoms with van der Waals surface area (Å²) in [5.41, 5.74) is -0.267. The van der Waals surface area contributed by atoms with Crippen LogP contribution in [0.25, 0.3) is 0 Å². The van der Waals surface area contributed by atoms with E-state index in [1.807, 2.05) is 0 Å². The Balaban J connectivity index is 1.65. The van der Waals surface area contributed by atoms with Gasteiger partial charge in [-0.25, -0.2) is 4.79 Å².